The third-order valence-corrected chi connectivity index (χ3v) is 20.7. The number of hydrogen-bond acceptors (Lipinski definition) is 5. The lowest BCUT2D eigenvalue weighted by molar-refractivity contribution is -0.155. The number of esters is 1. The zero-order valence-electron chi connectivity index (χ0n) is 16.3. The first kappa shape index (κ1) is 19.3. The van der Waals surface area contributed by atoms with Gasteiger partial charge in [0.2, 0.25) is 0 Å². The van der Waals surface area contributed by atoms with Gasteiger partial charge in [-0.2, -0.15) is 0 Å². The molecule has 0 N–H and O–H groups in total. The van der Waals surface area contributed by atoms with Gasteiger partial charge in [-0.25, -0.2) is 9.56 Å². The van der Waals surface area contributed by atoms with Crippen LogP contribution in [0.25, 0.3) is 0 Å². The lowest BCUT2D eigenvalue weighted by atomic mass is 10.1. The summed E-state index contributed by atoms with van der Waals surface area (Å²) in [6.45, 7) is 16.4. The van der Waals surface area contributed by atoms with Gasteiger partial charge in [-0.05, 0) is 19.3 Å². The molecule has 0 aromatic heterocycles. The molecule has 5 nitrogen and oxygen atoms in total. The number of likely N-dealkylation sites (tertiary alicyclic amines) is 1. The minimum Gasteiger partial charge on any atom is -0.418 e. The van der Waals surface area contributed by atoms with Crippen molar-refractivity contribution in [3.63, 3.8) is 0 Å². The van der Waals surface area contributed by atoms with Gasteiger partial charge in [0.05, 0.1) is 16.1 Å². The van der Waals surface area contributed by atoms with Crippen LogP contribution in [-0.2, 0) is 14.1 Å². The van der Waals surface area contributed by atoms with E-state index >= 15 is 0 Å². The van der Waals surface area contributed by atoms with E-state index in [-0.39, 0.29) is 5.97 Å². The molecule has 140 valence electrons. The number of hydrogen-bond donors (Lipinski definition) is 0. The van der Waals surface area contributed by atoms with E-state index in [1.165, 1.54) is 12.5 Å². The molecule has 0 aliphatic carbocycles. The van der Waals surface area contributed by atoms with Crippen LogP contribution in [0.5, 0.6) is 0 Å². The predicted molar refractivity (Wildman–Crippen MR) is 109 cm³/mol. The molecule has 8 heteroatoms. The molecule has 3 heterocycles. The third kappa shape index (κ3) is 3.80. The van der Waals surface area contributed by atoms with Gasteiger partial charge in [0.25, 0.3) is 5.79 Å². The van der Waals surface area contributed by atoms with Gasteiger partial charge in [0.15, 0.2) is 14.1 Å². The normalized spacial score (nSPS) is 30.4. The van der Waals surface area contributed by atoms with Gasteiger partial charge in [0, 0.05) is 30.1 Å². The number of piperidine rings is 1. The van der Waals surface area contributed by atoms with Gasteiger partial charge in [-0.3, -0.25) is 4.52 Å². The van der Waals surface area contributed by atoms with Crippen LogP contribution < -0.4 is 0 Å². The maximum Gasteiger partial charge on any atom is 0.333 e. The van der Waals surface area contributed by atoms with Crippen molar-refractivity contribution in [2.45, 2.75) is 69.2 Å². The summed E-state index contributed by atoms with van der Waals surface area (Å²) < 4.78 is 17.3. The quantitative estimate of drug-likeness (QED) is 0.407. The van der Waals surface area contributed by atoms with Crippen LogP contribution in [0.1, 0.15) is 19.3 Å². The topological polar surface area (TPSA) is 51.1 Å². The van der Waals surface area contributed by atoms with Crippen LogP contribution in [0.15, 0.2) is 16.9 Å². The maximum atomic E-state index is 11.9. The average Bonchev–Trinajstić information content (AvgIpc) is 3.01. The highest BCUT2D eigenvalue weighted by Crippen LogP contribution is 2.60. The highest BCUT2D eigenvalue weighted by Gasteiger charge is 2.56. The van der Waals surface area contributed by atoms with E-state index in [0.29, 0.717) is 4.91 Å². The maximum absolute atomic E-state index is 11.9. The van der Waals surface area contributed by atoms with E-state index in [1.807, 2.05) is 0 Å². The summed E-state index contributed by atoms with van der Waals surface area (Å²) in [5.74, 6) is -0.529. The van der Waals surface area contributed by atoms with Crippen molar-refractivity contribution < 1.29 is 14.1 Å². The summed E-state index contributed by atoms with van der Waals surface area (Å²) >= 11 is 0. The highest BCUT2D eigenvalue weighted by atomic mass is 31.2. The zero-order chi connectivity index (χ0) is 18.5. The molecule has 1 fully saturated rings. The number of ether oxygens (including phenoxy) is 1. The molecule has 0 bridgehead atoms. The SMILES string of the molecule is C[Si](C)(C)C(P1N=C(N2CCCCC2)C2(C=CC(=O)O2)O1)[Si](C)(C)C. The molecule has 1 spiro atoms. The van der Waals surface area contributed by atoms with Crippen LogP contribution >= 0.6 is 8.30 Å². The second kappa shape index (κ2) is 6.59. The van der Waals surface area contributed by atoms with Crippen LogP contribution in [0, 0.1) is 0 Å². The Morgan fingerprint density at radius 1 is 1.12 bits per heavy atom. The van der Waals surface area contributed by atoms with Crippen molar-refractivity contribution in [3.8, 4) is 0 Å². The lowest BCUT2D eigenvalue weighted by Gasteiger charge is -2.40. The minimum absolute atomic E-state index is 0.320. The molecular formula is C17H31N2O3PSi2. The molecule has 0 aromatic rings. The second-order valence-electron chi connectivity index (χ2n) is 9.42. The monoisotopic (exact) mass is 398 g/mol. The molecule has 3 rings (SSSR count). The van der Waals surface area contributed by atoms with Crippen molar-refractivity contribution in [2.24, 2.45) is 4.76 Å². The fraction of sp³-hybridized carbons (Fsp3) is 0.765. The third-order valence-electron chi connectivity index (χ3n) is 4.94. The average molecular weight is 399 g/mol. The Bertz CT molecular complexity index is 592. The summed E-state index contributed by atoms with van der Waals surface area (Å²) in [4.78, 5) is 14.7. The summed E-state index contributed by atoms with van der Waals surface area (Å²) in [6.07, 6.45) is 6.87. The number of carbonyl (C=O) groups is 1. The summed E-state index contributed by atoms with van der Waals surface area (Å²) in [6, 6.07) is 0. The predicted octanol–water partition coefficient (Wildman–Crippen LogP) is 4.15. The van der Waals surface area contributed by atoms with Gasteiger partial charge in [-0.15, -0.1) is 0 Å². The molecule has 2 unspecified atom stereocenters. The Morgan fingerprint density at radius 3 is 2.20 bits per heavy atom. The van der Waals surface area contributed by atoms with Crippen molar-refractivity contribution in [1.29, 1.82) is 0 Å². The van der Waals surface area contributed by atoms with Crippen molar-refractivity contribution in [3.05, 3.63) is 12.2 Å². The molecule has 0 saturated carbocycles. The molecule has 25 heavy (non-hydrogen) atoms. The standard InChI is InChI=1S/C17H31N2O3PSi2/c1-24(2,3)16(25(4,5)6)23-18-15(19-12-8-7-9-13-19)17(22-23)11-10-14(20)21-17/h10-11,16H,7-9,12-13H2,1-6H3. The zero-order valence-corrected chi connectivity index (χ0v) is 19.2. The van der Waals surface area contributed by atoms with Gasteiger partial charge >= 0.3 is 5.97 Å². The number of nitrogens with zero attached hydrogens (tertiary/aromatic N) is 2. The van der Waals surface area contributed by atoms with Crippen LogP contribution in [0.2, 0.25) is 39.3 Å². The van der Waals surface area contributed by atoms with E-state index in [9.17, 15) is 4.79 Å². The first-order valence-corrected chi connectivity index (χ1v) is 17.7. The van der Waals surface area contributed by atoms with Gasteiger partial charge < -0.3 is 9.64 Å². The van der Waals surface area contributed by atoms with Gasteiger partial charge in [-0.1, -0.05) is 39.3 Å². The highest BCUT2D eigenvalue weighted by molar-refractivity contribution is 7.60. The second-order valence-corrected chi connectivity index (χ2v) is 23.1. The summed E-state index contributed by atoms with van der Waals surface area (Å²) in [7, 11) is -3.94. The van der Waals surface area contributed by atoms with E-state index in [1.54, 1.807) is 6.08 Å². The largest absolute Gasteiger partial charge is 0.418 e. The van der Waals surface area contributed by atoms with Crippen molar-refractivity contribution in [1.82, 2.24) is 4.90 Å². The van der Waals surface area contributed by atoms with Crippen LogP contribution in [0.4, 0.5) is 0 Å². The number of carbonyl (C=O) groups excluding carboxylic acids is 1. The van der Waals surface area contributed by atoms with E-state index in [4.69, 9.17) is 14.0 Å². The first-order chi connectivity index (χ1) is 11.5. The van der Waals surface area contributed by atoms with Crippen molar-refractivity contribution >= 4 is 36.3 Å². The fourth-order valence-electron chi connectivity index (χ4n) is 4.39. The Morgan fingerprint density at radius 2 is 1.72 bits per heavy atom. The summed E-state index contributed by atoms with van der Waals surface area (Å²) in [5, 5.41) is 0. The number of rotatable bonds is 3. The Hall–Kier alpha value is -0.496. The van der Waals surface area contributed by atoms with Crippen LogP contribution in [0.3, 0.4) is 0 Å². The number of amidine groups is 1. The van der Waals surface area contributed by atoms with E-state index in [2.05, 4.69) is 44.2 Å². The molecule has 3 aliphatic rings. The molecular weight excluding hydrogens is 367 g/mol. The van der Waals surface area contributed by atoms with Crippen LogP contribution in [-0.4, -0.2) is 56.6 Å². The first-order valence-electron chi connectivity index (χ1n) is 9.27. The molecule has 0 aromatic carbocycles. The Kier molecular flexibility index (Phi) is 5.08. The van der Waals surface area contributed by atoms with E-state index in [0.717, 1.165) is 31.8 Å². The summed E-state index contributed by atoms with van der Waals surface area (Å²) in [5.41, 5.74) is 0. The van der Waals surface area contributed by atoms with Gasteiger partial charge in [0.1, 0.15) is 0 Å². The molecule has 0 radical (unpaired) electrons. The minimum atomic E-state index is -1.48. The Balaban J connectivity index is 1.98. The molecule has 1 saturated heterocycles. The molecule has 2 atom stereocenters. The smallest absolute Gasteiger partial charge is 0.333 e. The van der Waals surface area contributed by atoms with Crippen molar-refractivity contribution in [2.75, 3.05) is 13.1 Å². The fourth-order valence-corrected chi connectivity index (χ4v) is 21.9. The molecule has 3 aliphatic heterocycles. The molecule has 0 amide bonds. The van der Waals surface area contributed by atoms with E-state index < -0.39 is 30.2 Å². The Labute approximate surface area is 154 Å². The lowest BCUT2D eigenvalue weighted by Crippen LogP contribution is -2.53.